The minimum absolute atomic E-state index is 0.0400. The molecule has 4 saturated carbocycles. The number of fused-ring (bicyclic) bond motifs is 5. The molecule has 4 rings (SSSR count). The Hall–Kier alpha value is -0.0800. The van der Waals surface area contributed by atoms with Crippen molar-refractivity contribution in [1.82, 2.24) is 0 Å². The summed E-state index contributed by atoms with van der Waals surface area (Å²) in [6.07, 6.45) is 10.7. The van der Waals surface area contributed by atoms with E-state index in [0.29, 0.717) is 5.41 Å². The summed E-state index contributed by atoms with van der Waals surface area (Å²) in [5.74, 6) is 3.21. The van der Waals surface area contributed by atoms with Crippen molar-refractivity contribution < 1.29 is 10.2 Å². The van der Waals surface area contributed by atoms with Gasteiger partial charge in [0.25, 0.3) is 0 Å². The summed E-state index contributed by atoms with van der Waals surface area (Å²) >= 11 is 0. The molecule has 2 N–H and O–H groups in total. The highest BCUT2D eigenvalue weighted by molar-refractivity contribution is 5.09. The lowest BCUT2D eigenvalue weighted by Gasteiger charge is -2.60. The Labute approximate surface area is 129 Å². The Balaban J connectivity index is 1.62. The molecule has 0 aromatic rings. The van der Waals surface area contributed by atoms with Crippen molar-refractivity contribution in [3.8, 4) is 0 Å². The van der Waals surface area contributed by atoms with Gasteiger partial charge in [0.2, 0.25) is 0 Å². The first-order valence-corrected chi connectivity index (χ1v) is 9.31. The van der Waals surface area contributed by atoms with Gasteiger partial charge in [0.15, 0.2) is 0 Å². The lowest BCUT2D eigenvalue weighted by molar-refractivity contribution is -0.133. The number of aliphatic hydroxyl groups is 2. The Morgan fingerprint density at radius 2 is 1.48 bits per heavy atom. The molecular formula is C19H32O2. The van der Waals surface area contributed by atoms with E-state index < -0.39 is 0 Å². The molecule has 4 aliphatic rings. The van der Waals surface area contributed by atoms with Gasteiger partial charge in [0.1, 0.15) is 0 Å². The van der Waals surface area contributed by atoms with Gasteiger partial charge in [-0.05, 0) is 92.3 Å². The molecule has 0 radical (unpaired) electrons. The van der Waals surface area contributed by atoms with Crippen LogP contribution < -0.4 is 0 Å². The fraction of sp³-hybridized carbons (Fsp3) is 1.00. The van der Waals surface area contributed by atoms with Crippen LogP contribution in [0.1, 0.15) is 71.6 Å². The van der Waals surface area contributed by atoms with Gasteiger partial charge in [-0.2, -0.15) is 0 Å². The molecule has 120 valence electrons. The maximum Gasteiger partial charge on any atom is 0.0596 e. The normalized spacial score (nSPS) is 60.0. The topological polar surface area (TPSA) is 40.5 Å². The minimum Gasteiger partial charge on any atom is -0.393 e. The van der Waals surface area contributed by atoms with Crippen LogP contribution in [0.25, 0.3) is 0 Å². The second-order valence-corrected chi connectivity index (χ2v) is 9.22. The van der Waals surface area contributed by atoms with Crippen molar-refractivity contribution >= 4 is 0 Å². The van der Waals surface area contributed by atoms with Crippen LogP contribution in [-0.2, 0) is 0 Å². The van der Waals surface area contributed by atoms with Crippen molar-refractivity contribution in [3.63, 3.8) is 0 Å². The van der Waals surface area contributed by atoms with Gasteiger partial charge in [0, 0.05) is 0 Å². The van der Waals surface area contributed by atoms with Crippen LogP contribution in [-0.4, -0.2) is 22.4 Å². The largest absolute Gasteiger partial charge is 0.393 e. The van der Waals surface area contributed by atoms with Crippen molar-refractivity contribution in [1.29, 1.82) is 0 Å². The lowest BCUT2D eigenvalue weighted by Crippen LogP contribution is -2.54. The Morgan fingerprint density at radius 3 is 2.29 bits per heavy atom. The van der Waals surface area contributed by atoms with E-state index >= 15 is 0 Å². The van der Waals surface area contributed by atoms with Crippen molar-refractivity contribution in [2.24, 2.45) is 34.5 Å². The van der Waals surface area contributed by atoms with Gasteiger partial charge >= 0.3 is 0 Å². The average Bonchev–Trinajstić information content (AvgIpc) is 2.76. The molecule has 21 heavy (non-hydrogen) atoms. The van der Waals surface area contributed by atoms with Crippen LogP contribution >= 0.6 is 0 Å². The Kier molecular flexibility index (Phi) is 3.25. The summed E-state index contributed by atoms with van der Waals surface area (Å²) in [5, 5.41) is 20.5. The van der Waals surface area contributed by atoms with Crippen LogP contribution in [0.4, 0.5) is 0 Å². The third-order valence-electron chi connectivity index (χ3n) is 8.59. The molecule has 5 unspecified atom stereocenters. The van der Waals surface area contributed by atoms with Gasteiger partial charge in [-0.3, -0.25) is 0 Å². The minimum atomic E-state index is -0.0536. The second-order valence-electron chi connectivity index (χ2n) is 9.22. The summed E-state index contributed by atoms with van der Waals surface area (Å²) in [6, 6.07) is 0. The average molecular weight is 292 g/mol. The van der Waals surface area contributed by atoms with Gasteiger partial charge in [-0.15, -0.1) is 0 Å². The molecule has 8 atom stereocenters. The van der Waals surface area contributed by atoms with Crippen LogP contribution in [0.2, 0.25) is 0 Å². The number of aliphatic hydroxyl groups excluding tert-OH is 2. The maximum atomic E-state index is 10.5. The van der Waals surface area contributed by atoms with Gasteiger partial charge < -0.3 is 10.2 Å². The van der Waals surface area contributed by atoms with Gasteiger partial charge in [-0.1, -0.05) is 13.8 Å². The second kappa shape index (κ2) is 4.71. The molecule has 0 aliphatic heterocycles. The van der Waals surface area contributed by atoms with Crippen LogP contribution in [0.5, 0.6) is 0 Å². The van der Waals surface area contributed by atoms with E-state index in [1.165, 1.54) is 38.5 Å². The van der Waals surface area contributed by atoms with Crippen LogP contribution in [0.15, 0.2) is 0 Å². The van der Waals surface area contributed by atoms with E-state index in [1.54, 1.807) is 0 Å². The smallest absolute Gasteiger partial charge is 0.0596 e. The number of hydrogen-bond acceptors (Lipinski definition) is 2. The molecule has 0 aromatic heterocycles. The third-order valence-corrected chi connectivity index (χ3v) is 8.59. The van der Waals surface area contributed by atoms with Gasteiger partial charge in [0.05, 0.1) is 12.2 Å². The summed E-state index contributed by atoms with van der Waals surface area (Å²) in [4.78, 5) is 0. The van der Waals surface area contributed by atoms with E-state index in [1.807, 2.05) is 0 Å². The van der Waals surface area contributed by atoms with Gasteiger partial charge in [-0.25, -0.2) is 0 Å². The molecule has 0 amide bonds. The molecule has 0 spiro atoms. The molecule has 0 bridgehead atoms. The molecular weight excluding hydrogens is 260 g/mol. The van der Waals surface area contributed by atoms with E-state index in [4.69, 9.17) is 0 Å². The molecule has 4 fully saturated rings. The molecule has 0 saturated heterocycles. The quantitative estimate of drug-likeness (QED) is 0.714. The van der Waals surface area contributed by atoms with Crippen molar-refractivity contribution in [2.75, 3.05) is 0 Å². The van der Waals surface area contributed by atoms with E-state index in [2.05, 4.69) is 13.8 Å². The Bertz CT molecular complexity index is 422. The highest BCUT2D eigenvalue weighted by atomic mass is 16.3. The lowest BCUT2D eigenvalue weighted by atomic mass is 9.45. The van der Waals surface area contributed by atoms with Crippen LogP contribution in [0, 0.1) is 34.5 Å². The summed E-state index contributed by atoms with van der Waals surface area (Å²) < 4.78 is 0. The van der Waals surface area contributed by atoms with Crippen molar-refractivity contribution in [3.05, 3.63) is 0 Å². The van der Waals surface area contributed by atoms with E-state index in [0.717, 1.165) is 42.9 Å². The highest BCUT2D eigenvalue weighted by Crippen LogP contribution is 2.66. The first kappa shape index (κ1) is 14.5. The number of hydrogen-bond donors (Lipinski definition) is 2. The zero-order valence-corrected chi connectivity index (χ0v) is 13.7. The van der Waals surface area contributed by atoms with Crippen molar-refractivity contribution in [2.45, 2.75) is 83.8 Å². The molecule has 4 aliphatic carbocycles. The first-order chi connectivity index (χ1) is 9.95. The monoisotopic (exact) mass is 292 g/mol. The van der Waals surface area contributed by atoms with E-state index in [-0.39, 0.29) is 17.6 Å². The van der Waals surface area contributed by atoms with E-state index in [9.17, 15) is 10.2 Å². The highest BCUT2D eigenvalue weighted by Gasteiger charge is 2.59. The third kappa shape index (κ3) is 1.91. The zero-order valence-electron chi connectivity index (χ0n) is 13.7. The van der Waals surface area contributed by atoms with Crippen LogP contribution in [0.3, 0.4) is 0 Å². The fourth-order valence-corrected chi connectivity index (χ4v) is 7.21. The SMILES string of the molecule is CC12CCC3C(CCC4C[C@@H](O)CC[C@@]43C)C1CC[C@@H]2O. The molecule has 2 nitrogen and oxygen atoms in total. The Morgan fingerprint density at radius 1 is 0.762 bits per heavy atom. The standard InChI is InChI=1S/C19H32O2/c1-18-9-7-13(20)11-12(18)3-4-14-15-5-6-17(21)19(15,2)10-8-16(14)18/h12-17,20-21H,3-11H2,1-2H3/t12?,13-,14?,15?,16?,17-,18-,19?/m0/s1. The summed E-state index contributed by atoms with van der Waals surface area (Å²) in [6.45, 7) is 4.90. The predicted octanol–water partition coefficient (Wildman–Crippen LogP) is 3.75. The zero-order chi connectivity index (χ0) is 14.8. The first-order valence-electron chi connectivity index (χ1n) is 9.31. The predicted molar refractivity (Wildman–Crippen MR) is 83.7 cm³/mol. The number of rotatable bonds is 0. The summed E-state index contributed by atoms with van der Waals surface area (Å²) in [7, 11) is 0. The fourth-order valence-electron chi connectivity index (χ4n) is 7.21. The molecule has 0 aromatic carbocycles. The maximum absolute atomic E-state index is 10.5. The summed E-state index contributed by atoms with van der Waals surface area (Å²) in [5.41, 5.74) is 0.676. The molecule has 0 heterocycles. The molecule has 2 heteroatoms.